The summed E-state index contributed by atoms with van der Waals surface area (Å²) in [5.41, 5.74) is 0.985. The van der Waals surface area contributed by atoms with Gasteiger partial charge in [0.15, 0.2) is 11.5 Å². The first-order valence-corrected chi connectivity index (χ1v) is 7.82. The van der Waals surface area contributed by atoms with Gasteiger partial charge in [-0.2, -0.15) is 0 Å². The Bertz CT molecular complexity index is 550. The number of likely N-dealkylation sites (tertiary alicyclic amines) is 1. The zero-order valence-corrected chi connectivity index (χ0v) is 13.1. The minimum atomic E-state index is -0.756. The Hall–Kier alpha value is -1.75. The molecule has 1 saturated heterocycles. The molecule has 1 aromatic carbocycles. The van der Waals surface area contributed by atoms with Crippen LogP contribution in [0.3, 0.4) is 0 Å². The largest absolute Gasteiger partial charge is 0.493 e. The lowest BCUT2D eigenvalue weighted by Crippen LogP contribution is -2.51. The number of carbonyl (C=O) groups is 1. The average Bonchev–Trinajstić information content (AvgIpc) is 3.27. The van der Waals surface area contributed by atoms with Crippen molar-refractivity contribution in [1.82, 2.24) is 4.90 Å². The van der Waals surface area contributed by atoms with E-state index >= 15 is 0 Å². The number of nitrogens with zero attached hydrogens (tertiary/aromatic N) is 1. The summed E-state index contributed by atoms with van der Waals surface area (Å²) < 4.78 is 11.6. The zero-order valence-electron chi connectivity index (χ0n) is 13.1. The van der Waals surface area contributed by atoms with E-state index in [1.54, 1.807) is 7.11 Å². The van der Waals surface area contributed by atoms with Gasteiger partial charge in [0.2, 0.25) is 0 Å². The van der Waals surface area contributed by atoms with Crippen molar-refractivity contribution in [2.75, 3.05) is 27.2 Å². The van der Waals surface area contributed by atoms with E-state index in [-0.39, 0.29) is 18.4 Å². The molecule has 1 unspecified atom stereocenters. The zero-order chi connectivity index (χ0) is 15.7. The molecule has 0 spiro atoms. The van der Waals surface area contributed by atoms with Crippen molar-refractivity contribution in [1.29, 1.82) is 0 Å². The Labute approximate surface area is 130 Å². The summed E-state index contributed by atoms with van der Waals surface area (Å²) in [7, 11) is 3.68. The summed E-state index contributed by atoms with van der Waals surface area (Å²) >= 11 is 0. The number of carboxylic acid groups (broad SMARTS) is 1. The average molecular weight is 305 g/mol. The molecular formula is C17H23NO4. The number of rotatable bonds is 7. The van der Waals surface area contributed by atoms with Gasteiger partial charge in [0, 0.05) is 24.6 Å². The fraction of sp³-hybridized carbons (Fsp3) is 0.588. The Morgan fingerprint density at radius 2 is 2.14 bits per heavy atom. The van der Waals surface area contributed by atoms with Gasteiger partial charge in [-0.15, -0.1) is 0 Å². The maximum Gasteiger partial charge on any atom is 0.303 e. The lowest BCUT2D eigenvalue weighted by atomic mass is 9.90. The van der Waals surface area contributed by atoms with Crippen LogP contribution in [0.1, 0.15) is 30.7 Å². The van der Waals surface area contributed by atoms with Gasteiger partial charge in [-0.25, -0.2) is 0 Å². The van der Waals surface area contributed by atoms with Crippen LogP contribution < -0.4 is 9.47 Å². The van der Waals surface area contributed by atoms with Crippen molar-refractivity contribution in [2.45, 2.75) is 31.3 Å². The van der Waals surface area contributed by atoms with Crippen LogP contribution in [0.5, 0.6) is 11.5 Å². The molecule has 22 heavy (non-hydrogen) atoms. The lowest BCUT2D eigenvalue weighted by molar-refractivity contribution is -0.137. The Morgan fingerprint density at radius 3 is 2.68 bits per heavy atom. The predicted octanol–water partition coefficient (Wildman–Crippen LogP) is 2.36. The summed E-state index contributed by atoms with van der Waals surface area (Å²) in [5, 5.41) is 9.23. The summed E-state index contributed by atoms with van der Waals surface area (Å²) in [5.74, 6) is 1.15. The number of hydrogen-bond acceptors (Lipinski definition) is 4. The number of likely N-dealkylation sites (N-methyl/N-ethyl adjacent to an activating group) is 1. The highest BCUT2D eigenvalue weighted by Gasteiger charge is 2.37. The smallest absolute Gasteiger partial charge is 0.303 e. The number of para-hydroxylation sites is 1. The fourth-order valence-electron chi connectivity index (χ4n) is 3.21. The molecule has 0 amide bonds. The van der Waals surface area contributed by atoms with Gasteiger partial charge in [-0.1, -0.05) is 12.1 Å². The number of carboxylic acids is 1. The first-order chi connectivity index (χ1) is 10.6. The van der Waals surface area contributed by atoms with E-state index in [0.29, 0.717) is 11.7 Å². The van der Waals surface area contributed by atoms with E-state index in [4.69, 9.17) is 9.47 Å². The first kappa shape index (κ1) is 15.2. The first-order valence-electron chi connectivity index (χ1n) is 7.82. The number of methoxy groups -OCH3 is 1. The molecule has 5 heteroatoms. The van der Waals surface area contributed by atoms with Crippen molar-refractivity contribution in [3.8, 4) is 11.5 Å². The molecule has 3 rings (SSSR count). The van der Waals surface area contributed by atoms with Crippen LogP contribution in [0, 0.1) is 5.92 Å². The van der Waals surface area contributed by atoms with Crippen molar-refractivity contribution in [2.24, 2.45) is 5.92 Å². The van der Waals surface area contributed by atoms with Gasteiger partial charge in [0.1, 0.15) is 6.10 Å². The van der Waals surface area contributed by atoms with E-state index < -0.39 is 5.97 Å². The summed E-state index contributed by atoms with van der Waals surface area (Å²) in [6, 6.07) is 5.79. The fourth-order valence-corrected chi connectivity index (χ4v) is 3.21. The Morgan fingerprint density at radius 1 is 1.41 bits per heavy atom. The van der Waals surface area contributed by atoms with Gasteiger partial charge in [0.25, 0.3) is 0 Å². The topological polar surface area (TPSA) is 59.0 Å². The summed E-state index contributed by atoms with van der Waals surface area (Å²) in [6.45, 7) is 1.79. The second kappa shape index (κ2) is 6.16. The molecule has 0 bridgehead atoms. The number of ether oxygens (including phenoxy) is 2. The third-order valence-corrected chi connectivity index (χ3v) is 4.53. The van der Waals surface area contributed by atoms with E-state index in [1.807, 2.05) is 18.2 Å². The molecule has 1 aliphatic heterocycles. The molecule has 1 aliphatic carbocycles. The van der Waals surface area contributed by atoms with Crippen LogP contribution in [-0.2, 0) is 4.79 Å². The van der Waals surface area contributed by atoms with Crippen molar-refractivity contribution in [3.05, 3.63) is 23.8 Å². The second-order valence-electron chi connectivity index (χ2n) is 6.38. The van der Waals surface area contributed by atoms with Crippen LogP contribution in [0.25, 0.3) is 0 Å². The van der Waals surface area contributed by atoms with Gasteiger partial charge >= 0.3 is 5.97 Å². The Kier molecular flexibility index (Phi) is 4.25. The van der Waals surface area contributed by atoms with Crippen molar-refractivity contribution in [3.63, 3.8) is 0 Å². The predicted molar refractivity (Wildman–Crippen MR) is 82.6 cm³/mol. The monoisotopic (exact) mass is 305 g/mol. The molecule has 0 aromatic heterocycles. The molecule has 1 aromatic rings. The van der Waals surface area contributed by atoms with Gasteiger partial charge in [-0.3, -0.25) is 9.69 Å². The molecule has 1 saturated carbocycles. The van der Waals surface area contributed by atoms with Gasteiger partial charge in [0.05, 0.1) is 13.5 Å². The standard InChI is InChI=1S/C17H23NO4/c1-18-9-12(10-18)22-17-13(4-3-5-15(17)21-2)14(8-16(19)20)11-6-7-11/h3-5,11-12,14H,6-10H2,1-2H3,(H,19,20). The molecule has 1 N–H and O–H groups in total. The quantitative estimate of drug-likeness (QED) is 0.838. The number of benzene rings is 1. The molecule has 2 aliphatic rings. The maximum absolute atomic E-state index is 11.2. The highest BCUT2D eigenvalue weighted by molar-refractivity contribution is 5.69. The summed E-state index contributed by atoms with van der Waals surface area (Å²) in [6.07, 6.45) is 2.50. The molecule has 120 valence electrons. The lowest BCUT2D eigenvalue weighted by Gasteiger charge is -2.37. The van der Waals surface area contributed by atoms with Crippen LogP contribution in [-0.4, -0.2) is 49.3 Å². The second-order valence-corrected chi connectivity index (χ2v) is 6.38. The molecule has 1 heterocycles. The highest BCUT2D eigenvalue weighted by atomic mass is 16.5. The molecule has 0 radical (unpaired) electrons. The van der Waals surface area contributed by atoms with Crippen LogP contribution >= 0.6 is 0 Å². The van der Waals surface area contributed by atoms with Gasteiger partial charge < -0.3 is 14.6 Å². The van der Waals surface area contributed by atoms with Crippen molar-refractivity contribution < 1.29 is 19.4 Å². The van der Waals surface area contributed by atoms with E-state index in [0.717, 1.165) is 37.2 Å². The van der Waals surface area contributed by atoms with Crippen LogP contribution in [0.2, 0.25) is 0 Å². The molecule has 2 fully saturated rings. The third kappa shape index (κ3) is 3.19. The highest BCUT2D eigenvalue weighted by Crippen LogP contribution is 2.49. The Balaban J connectivity index is 1.89. The number of aliphatic carboxylic acids is 1. The minimum absolute atomic E-state index is 0.0143. The van der Waals surface area contributed by atoms with E-state index in [1.165, 1.54) is 0 Å². The van der Waals surface area contributed by atoms with Gasteiger partial charge in [-0.05, 0) is 31.9 Å². The molecular weight excluding hydrogens is 282 g/mol. The summed E-state index contributed by atoms with van der Waals surface area (Å²) in [4.78, 5) is 13.4. The SMILES string of the molecule is COc1cccc(C(CC(=O)O)C2CC2)c1OC1CN(C)C1. The van der Waals surface area contributed by atoms with E-state index in [2.05, 4.69) is 11.9 Å². The van der Waals surface area contributed by atoms with Crippen LogP contribution in [0.4, 0.5) is 0 Å². The molecule has 1 atom stereocenters. The number of hydrogen-bond donors (Lipinski definition) is 1. The normalized spacial score (nSPS) is 20.3. The minimum Gasteiger partial charge on any atom is -0.493 e. The maximum atomic E-state index is 11.2. The van der Waals surface area contributed by atoms with Crippen LogP contribution in [0.15, 0.2) is 18.2 Å². The van der Waals surface area contributed by atoms with E-state index in [9.17, 15) is 9.90 Å². The third-order valence-electron chi connectivity index (χ3n) is 4.53. The van der Waals surface area contributed by atoms with Crippen molar-refractivity contribution >= 4 is 5.97 Å². The molecule has 5 nitrogen and oxygen atoms in total.